The zero-order valence-corrected chi connectivity index (χ0v) is 18.3. The van der Waals surface area contributed by atoms with Gasteiger partial charge in [0.2, 0.25) is 0 Å². The molecule has 1 aromatic rings. The Labute approximate surface area is 175 Å². The van der Waals surface area contributed by atoms with Crippen molar-refractivity contribution in [3.63, 3.8) is 0 Å². The Morgan fingerprint density at radius 1 is 1.07 bits per heavy atom. The van der Waals surface area contributed by atoms with E-state index in [-0.39, 0.29) is 11.7 Å². The number of hydrogen-bond donors (Lipinski definition) is 0. The Bertz CT molecular complexity index is 675. The number of carbonyl (C=O) groups excluding carboxylic acids is 2. The van der Waals surface area contributed by atoms with E-state index in [2.05, 4.69) is 26.6 Å². The SMILES string of the molecule is CCC(C)C(=O)CN1CCC(CN2CCN(c3ccc(C(C)=O)cn3)CC2)CC1. The third-order valence-electron chi connectivity index (χ3n) is 6.62. The zero-order chi connectivity index (χ0) is 20.8. The first-order valence-corrected chi connectivity index (χ1v) is 11.2. The van der Waals surface area contributed by atoms with Crippen LogP contribution < -0.4 is 4.90 Å². The lowest BCUT2D eigenvalue weighted by atomic mass is 9.95. The normalized spacial score (nSPS) is 20.6. The van der Waals surface area contributed by atoms with E-state index in [9.17, 15) is 9.59 Å². The first-order valence-electron chi connectivity index (χ1n) is 11.2. The minimum absolute atomic E-state index is 0.0594. The standard InChI is InChI=1S/C23H36N4O2/c1-4-18(2)22(29)17-25-9-7-20(8-10-25)16-26-11-13-27(14-12-26)23-6-5-21(15-24-23)19(3)28/h5-6,15,18,20H,4,7-14,16-17H2,1-3H3. The van der Waals surface area contributed by atoms with Crippen molar-refractivity contribution in [2.75, 3.05) is 57.3 Å². The molecule has 2 aliphatic rings. The molecule has 1 aromatic heterocycles. The van der Waals surface area contributed by atoms with Crippen LogP contribution in [0.2, 0.25) is 0 Å². The molecule has 0 aromatic carbocycles. The minimum Gasteiger partial charge on any atom is -0.354 e. The molecule has 2 saturated heterocycles. The number of pyridine rings is 1. The van der Waals surface area contributed by atoms with E-state index in [1.54, 1.807) is 13.1 Å². The fourth-order valence-corrected chi connectivity index (χ4v) is 4.24. The van der Waals surface area contributed by atoms with Gasteiger partial charge in [-0.3, -0.25) is 19.4 Å². The lowest BCUT2D eigenvalue weighted by Gasteiger charge is -2.39. The third-order valence-corrected chi connectivity index (χ3v) is 6.62. The number of Topliss-reactive ketones (excluding diaryl/α,β-unsaturated/α-hetero) is 2. The van der Waals surface area contributed by atoms with Crippen LogP contribution in [0.4, 0.5) is 5.82 Å². The Morgan fingerprint density at radius 3 is 2.31 bits per heavy atom. The number of hydrogen-bond acceptors (Lipinski definition) is 6. The van der Waals surface area contributed by atoms with Gasteiger partial charge in [0.1, 0.15) is 11.6 Å². The van der Waals surface area contributed by atoms with Crippen LogP contribution in [-0.2, 0) is 4.79 Å². The smallest absolute Gasteiger partial charge is 0.161 e. The van der Waals surface area contributed by atoms with Crippen molar-refractivity contribution in [2.24, 2.45) is 11.8 Å². The summed E-state index contributed by atoms with van der Waals surface area (Å²) in [7, 11) is 0. The van der Waals surface area contributed by atoms with Crippen LogP contribution in [0.5, 0.6) is 0 Å². The summed E-state index contributed by atoms with van der Waals surface area (Å²) in [6.07, 6.45) is 5.02. The molecule has 2 fully saturated rings. The van der Waals surface area contributed by atoms with E-state index in [1.807, 2.05) is 19.1 Å². The highest BCUT2D eigenvalue weighted by Crippen LogP contribution is 2.21. The molecule has 1 atom stereocenters. The summed E-state index contributed by atoms with van der Waals surface area (Å²) < 4.78 is 0. The lowest BCUT2D eigenvalue weighted by Crippen LogP contribution is -2.49. The van der Waals surface area contributed by atoms with E-state index in [0.29, 0.717) is 17.9 Å². The second-order valence-electron chi connectivity index (χ2n) is 8.74. The molecular weight excluding hydrogens is 364 g/mol. The molecule has 0 bridgehead atoms. The first kappa shape index (κ1) is 21.9. The average Bonchev–Trinajstić information content (AvgIpc) is 2.75. The van der Waals surface area contributed by atoms with Crippen molar-refractivity contribution in [1.29, 1.82) is 0 Å². The molecule has 160 valence electrons. The minimum atomic E-state index is 0.0594. The number of aromatic nitrogens is 1. The van der Waals surface area contributed by atoms with Crippen LogP contribution in [0.3, 0.4) is 0 Å². The molecular formula is C23H36N4O2. The van der Waals surface area contributed by atoms with Gasteiger partial charge >= 0.3 is 0 Å². The van der Waals surface area contributed by atoms with E-state index in [1.165, 1.54) is 12.8 Å². The van der Waals surface area contributed by atoms with Crippen molar-refractivity contribution >= 4 is 17.4 Å². The number of piperidine rings is 1. The quantitative estimate of drug-likeness (QED) is 0.626. The lowest BCUT2D eigenvalue weighted by molar-refractivity contribution is -0.124. The number of likely N-dealkylation sites (tertiary alicyclic amines) is 1. The number of ketones is 2. The molecule has 1 unspecified atom stereocenters. The van der Waals surface area contributed by atoms with E-state index >= 15 is 0 Å². The van der Waals surface area contributed by atoms with Crippen LogP contribution in [0.1, 0.15) is 50.4 Å². The van der Waals surface area contributed by atoms with Gasteiger partial charge in [-0.25, -0.2) is 4.98 Å². The number of carbonyl (C=O) groups is 2. The summed E-state index contributed by atoms with van der Waals surface area (Å²) in [5.41, 5.74) is 0.671. The highest BCUT2D eigenvalue weighted by atomic mass is 16.1. The van der Waals surface area contributed by atoms with E-state index in [0.717, 1.165) is 64.0 Å². The molecule has 0 radical (unpaired) electrons. The molecule has 2 aliphatic heterocycles. The van der Waals surface area contributed by atoms with Gasteiger partial charge in [-0.05, 0) is 57.3 Å². The van der Waals surface area contributed by atoms with Crippen molar-refractivity contribution in [1.82, 2.24) is 14.8 Å². The van der Waals surface area contributed by atoms with Crippen molar-refractivity contribution < 1.29 is 9.59 Å². The van der Waals surface area contributed by atoms with E-state index in [4.69, 9.17) is 0 Å². The second kappa shape index (κ2) is 10.3. The molecule has 0 N–H and O–H groups in total. The highest BCUT2D eigenvalue weighted by molar-refractivity contribution is 5.93. The summed E-state index contributed by atoms with van der Waals surface area (Å²) >= 11 is 0. The second-order valence-corrected chi connectivity index (χ2v) is 8.74. The zero-order valence-electron chi connectivity index (χ0n) is 18.3. The van der Waals surface area contributed by atoms with Crippen LogP contribution in [0, 0.1) is 11.8 Å². The summed E-state index contributed by atoms with van der Waals surface area (Å²) in [4.78, 5) is 35.3. The number of piperazine rings is 1. The predicted octanol–water partition coefficient (Wildman–Crippen LogP) is 2.73. The fraction of sp³-hybridized carbons (Fsp3) is 0.696. The van der Waals surface area contributed by atoms with Gasteiger partial charge in [-0.2, -0.15) is 0 Å². The maximum atomic E-state index is 12.2. The molecule has 6 nitrogen and oxygen atoms in total. The molecule has 0 aliphatic carbocycles. The van der Waals surface area contributed by atoms with Gasteiger partial charge in [-0.1, -0.05) is 13.8 Å². The first-order chi connectivity index (χ1) is 14.0. The molecule has 3 rings (SSSR count). The monoisotopic (exact) mass is 400 g/mol. The summed E-state index contributed by atoms with van der Waals surface area (Å²) in [6.45, 7) is 13.7. The largest absolute Gasteiger partial charge is 0.354 e. The van der Waals surface area contributed by atoms with Crippen LogP contribution in [-0.4, -0.2) is 78.7 Å². The Kier molecular flexibility index (Phi) is 7.78. The van der Waals surface area contributed by atoms with Crippen LogP contribution in [0.15, 0.2) is 18.3 Å². The Hall–Kier alpha value is -1.79. The van der Waals surface area contributed by atoms with Crippen LogP contribution in [0.25, 0.3) is 0 Å². The summed E-state index contributed by atoms with van der Waals surface area (Å²) in [6, 6.07) is 3.83. The van der Waals surface area contributed by atoms with Gasteiger partial charge in [0.05, 0.1) is 6.54 Å². The van der Waals surface area contributed by atoms with Gasteiger partial charge in [0.25, 0.3) is 0 Å². The van der Waals surface area contributed by atoms with Crippen LogP contribution >= 0.6 is 0 Å². The van der Waals surface area contributed by atoms with Crippen molar-refractivity contribution in [2.45, 2.75) is 40.0 Å². The van der Waals surface area contributed by atoms with Gasteiger partial charge in [0, 0.05) is 50.4 Å². The van der Waals surface area contributed by atoms with E-state index < -0.39 is 0 Å². The number of anilines is 1. The topological polar surface area (TPSA) is 56.8 Å². The van der Waals surface area contributed by atoms with Crippen molar-refractivity contribution in [3.8, 4) is 0 Å². The molecule has 0 saturated carbocycles. The van der Waals surface area contributed by atoms with Crippen molar-refractivity contribution in [3.05, 3.63) is 23.9 Å². The predicted molar refractivity (Wildman–Crippen MR) is 117 cm³/mol. The summed E-state index contributed by atoms with van der Waals surface area (Å²) in [5, 5.41) is 0. The van der Waals surface area contributed by atoms with Gasteiger partial charge in [0.15, 0.2) is 5.78 Å². The highest BCUT2D eigenvalue weighted by Gasteiger charge is 2.25. The van der Waals surface area contributed by atoms with Gasteiger partial charge in [-0.15, -0.1) is 0 Å². The van der Waals surface area contributed by atoms with Gasteiger partial charge < -0.3 is 4.90 Å². The Morgan fingerprint density at radius 2 is 1.76 bits per heavy atom. The average molecular weight is 401 g/mol. The summed E-state index contributed by atoms with van der Waals surface area (Å²) in [5.74, 6) is 2.35. The third kappa shape index (κ3) is 6.09. The fourth-order valence-electron chi connectivity index (χ4n) is 4.24. The number of rotatable bonds is 8. The molecule has 0 amide bonds. The maximum absolute atomic E-state index is 12.2. The Balaban J connectivity index is 1.38. The molecule has 3 heterocycles. The molecule has 29 heavy (non-hydrogen) atoms. The molecule has 6 heteroatoms. The molecule has 0 spiro atoms. The number of nitrogens with zero attached hydrogens (tertiary/aromatic N) is 4. The maximum Gasteiger partial charge on any atom is 0.161 e.